The molecule has 2 atom stereocenters. The van der Waals surface area contributed by atoms with Crippen molar-refractivity contribution in [3.63, 3.8) is 0 Å². The van der Waals surface area contributed by atoms with E-state index in [1.165, 1.54) is 5.56 Å². The molecule has 2 amide bonds. The Bertz CT molecular complexity index is 989. The number of nitrogens with zero attached hydrogens (tertiary/aromatic N) is 2. The van der Waals surface area contributed by atoms with Crippen molar-refractivity contribution in [3.8, 4) is 0 Å². The van der Waals surface area contributed by atoms with Gasteiger partial charge in [0.25, 0.3) is 0 Å². The van der Waals surface area contributed by atoms with Crippen LogP contribution in [0.1, 0.15) is 50.6 Å². The number of piperidine rings is 1. The standard InChI is InChI=1S/C20H21N3O2/c1-3-12(2)13-10-11-21-19-18(13)14-6-4-5-7-15(14)23(19)16-8-9-17(24)22-20(16)25/h4-7,10-12,16H,3,8-9H2,1-2H3,(H,22,24,25). The summed E-state index contributed by atoms with van der Waals surface area (Å²) in [7, 11) is 0. The number of carbonyl (C=O) groups excluding carboxylic acids is 2. The van der Waals surface area contributed by atoms with Gasteiger partial charge in [-0.1, -0.05) is 32.0 Å². The van der Waals surface area contributed by atoms with Crippen LogP contribution >= 0.6 is 0 Å². The number of rotatable bonds is 3. The van der Waals surface area contributed by atoms with Crippen molar-refractivity contribution in [2.75, 3.05) is 0 Å². The number of hydrogen-bond acceptors (Lipinski definition) is 3. The van der Waals surface area contributed by atoms with E-state index in [-0.39, 0.29) is 11.8 Å². The van der Waals surface area contributed by atoms with Gasteiger partial charge in [0, 0.05) is 23.4 Å². The fraction of sp³-hybridized carbons (Fsp3) is 0.350. The van der Waals surface area contributed by atoms with Crippen molar-refractivity contribution in [1.82, 2.24) is 14.9 Å². The summed E-state index contributed by atoms with van der Waals surface area (Å²) >= 11 is 0. The molecular weight excluding hydrogens is 314 g/mol. The van der Waals surface area contributed by atoms with E-state index in [0.717, 1.165) is 28.4 Å². The molecule has 0 spiro atoms. The van der Waals surface area contributed by atoms with E-state index in [2.05, 4.69) is 36.3 Å². The number of amides is 2. The van der Waals surface area contributed by atoms with E-state index in [4.69, 9.17) is 0 Å². The molecule has 3 heterocycles. The third-order valence-electron chi connectivity index (χ3n) is 5.29. The molecule has 25 heavy (non-hydrogen) atoms. The van der Waals surface area contributed by atoms with Crippen molar-refractivity contribution in [2.24, 2.45) is 0 Å². The molecule has 0 saturated carbocycles. The molecule has 2 aromatic heterocycles. The first-order valence-electron chi connectivity index (χ1n) is 8.83. The zero-order valence-electron chi connectivity index (χ0n) is 14.5. The van der Waals surface area contributed by atoms with Crippen molar-refractivity contribution in [3.05, 3.63) is 42.1 Å². The van der Waals surface area contributed by atoms with Gasteiger partial charge in [-0.25, -0.2) is 4.98 Å². The number of fused-ring (bicyclic) bond motifs is 3. The molecular formula is C20H21N3O2. The minimum absolute atomic E-state index is 0.199. The van der Waals surface area contributed by atoms with Crippen LogP contribution in [0.15, 0.2) is 36.5 Å². The third kappa shape index (κ3) is 2.42. The molecule has 1 aromatic carbocycles. The minimum atomic E-state index is -0.403. The number of benzene rings is 1. The highest BCUT2D eigenvalue weighted by molar-refractivity contribution is 6.10. The van der Waals surface area contributed by atoms with Crippen molar-refractivity contribution in [1.29, 1.82) is 0 Å². The fourth-order valence-corrected chi connectivity index (χ4v) is 3.81. The molecule has 0 aliphatic carbocycles. The van der Waals surface area contributed by atoms with Gasteiger partial charge in [-0.15, -0.1) is 0 Å². The molecule has 0 radical (unpaired) electrons. The highest BCUT2D eigenvalue weighted by Gasteiger charge is 2.31. The lowest BCUT2D eigenvalue weighted by Crippen LogP contribution is -2.41. The lowest BCUT2D eigenvalue weighted by atomic mass is 9.95. The van der Waals surface area contributed by atoms with Gasteiger partial charge in [0.15, 0.2) is 0 Å². The van der Waals surface area contributed by atoms with E-state index >= 15 is 0 Å². The van der Waals surface area contributed by atoms with Crippen LogP contribution in [0.25, 0.3) is 21.9 Å². The first-order valence-corrected chi connectivity index (χ1v) is 8.83. The van der Waals surface area contributed by atoms with Crippen molar-refractivity contribution < 1.29 is 9.59 Å². The lowest BCUT2D eigenvalue weighted by molar-refractivity contribution is -0.135. The largest absolute Gasteiger partial charge is 0.313 e. The highest BCUT2D eigenvalue weighted by atomic mass is 16.2. The fourth-order valence-electron chi connectivity index (χ4n) is 3.81. The van der Waals surface area contributed by atoms with Gasteiger partial charge in [0.05, 0.1) is 5.52 Å². The summed E-state index contributed by atoms with van der Waals surface area (Å²) in [5.74, 6) is -0.0311. The van der Waals surface area contributed by atoms with Gasteiger partial charge in [0.2, 0.25) is 11.8 Å². The summed E-state index contributed by atoms with van der Waals surface area (Å²) in [5, 5.41) is 4.71. The summed E-state index contributed by atoms with van der Waals surface area (Å²) in [6.07, 6.45) is 3.73. The average Bonchev–Trinajstić information content (AvgIpc) is 2.96. The molecule has 1 aliphatic rings. The van der Waals surface area contributed by atoms with Crippen LogP contribution in [0.3, 0.4) is 0 Å². The van der Waals surface area contributed by atoms with Gasteiger partial charge in [0.1, 0.15) is 11.7 Å². The number of hydrogen-bond donors (Lipinski definition) is 1. The molecule has 2 unspecified atom stereocenters. The predicted octanol–water partition coefficient (Wildman–Crippen LogP) is 3.68. The quantitative estimate of drug-likeness (QED) is 0.743. The van der Waals surface area contributed by atoms with Gasteiger partial charge in [-0.05, 0) is 36.5 Å². The van der Waals surface area contributed by atoms with E-state index in [9.17, 15) is 9.59 Å². The van der Waals surface area contributed by atoms with Crippen LogP contribution in [0.4, 0.5) is 0 Å². The summed E-state index contributed by atoms with van der Waals surface area (Å²) in [6, 6.07) is 9.79. The summed E-state index contributed by atoms with van der Waals surface area (Å²) in [6.45, 7) is 4.39. The SMILES string of the molecule is CCC(C)c1ccnc2c1c1ccccc1n2C1CCC(=O)NC1=O. The number of aromatic nitrogens is 2. The summed E-state index contributed by atoms with van der Waals surface area (Å²) < 4.78 is 2.01. The number of imide groups is 1. The van der Waals surface area contributed by atoms with Crippen LogP contribution in [0.5, 0.6) is 0 Å². The second-order valence-electron chi connectivity index (χ2n) is 6.76. The first-order chi connectivity index (χ1) is 12.1. The van der Waals surface area contributed by atoms with Gasteiger partial charge in [-0.3, -0.25) is 14.9 Å². The summed E-state index contributed by atoms with van der Waals surface area (Å²) in [5.41, 5.74) is 3.08. The third-order valence-corrected chi connectivity index (χ3v) is 5.29. The Labute approximate surface area is 146 Å². The van der Waals surface area contributed by atoms with Crippen LogP contribution in [0, 0.1) is 0 Å². The topological polar surface area (TPSA) is 64.0 Å². The van der Waals surface area contributed by atoms with Gasteiger partial charge >= 0.3 is 0 Å². The first kappa shape index (κ1) is 15.8. The highest BCUT2D eigenvalue weighted by Crippen LogP contribution is 2.37. The Morgan fingerprint density at radius 1 is 1.28 bits per heavy atom. The molecule has 1 aliphatic heterocycles. The van der Waals surface area contributed by atoms with Crippen LogP contribution in [-0.4, -0.2) is 21.4 Å². The van der Waals surface area contributed by atoms with Crippen LogP contribution in [-0.2, 0) is 9.59 Å². The van der Waals surface area contributed by atoms with E-state index in [1.54, 1.807) is 0 Å². The summed E-state index contributed by atoms with van der Waals surface area (Å²) in [4.78, 5) is 28.6. The van der Waals surface area contributed by atoms with Gasteiger partial charge < -0.3 is 4.57 Å². The lowest BCUT2D eigenvalue weighted by Gasteiger charge is -2.23. The zero-order valence-corrected chi connectivity index (χ0v) is 14.5. The molecule has 5 heteroatoms. The predicted molar refractivity (Wildman–Crippen MR) is 97.4 cm³/mol. The Morgan fingerprint density at radius 2 is 2.08 bits per heavy atom. The molecule has 1 fully saturated rings. The molecule has 1 saturated heterocycles. The molecule has 4 rings (SSSR count). The Kier molecular flexibility index (Phi) is 3.79. The molecule has 3 aromatic rings. The molecule has 128 valence electrons. The van der Waals surface area contributed by atoms with Crippen LogP contribution in [0.2, 0.25) is 0 Å². The minimum Gasteiger partial charge on any atom is -0.313 e. The van der Waals surface area contributed by atoms with E-state index < -0.39 is 6.04 Å². The Hall–Kier alpha value is -2.69. The number of para-hydroxylation sites is 1. The maximum absolute atomic E-state index is 12.5. The monoisotopic (exact) mass is 335 g/mol. The van der Waals surface area contributed by atoms with E-state index in [0.29, 0.717) is 18.8 Å². The average molecular weight is 335 g/mol. The number of nitrogens with one attached hydrogen (secondary N) is 1. The molecule has 1 N–H and O–H groups in total. The van der Waals surface area contributed by atoms with Gasteiger partial charge in [-0.2, -0.15) is 0 Å². The maximum Gasteiger partial charge on any atom is 0.249 e. The normalized spacial score (nSPS) is 19.4. The van der Waals surface area contributed by atoms with Crippen molar-refractivity contribution in [2.45, 2.75) is 45.1 Å². The van der Waals surface area contributed by atoms with Crippen molar-refractivity contribution >= 4 is 33.8 Å². The number of pyridine rings is 1. The number of carbonyl (C=O) groups is 2. The zero-order chi connectivity index (χ0) is 17.6. The molecule has 0 bridgehead atoms. The van der Waals surface area contributed by atoms with Crippen LogP contribution < -0.4 is 5.32 Å². The Balaban J connectivity index is 2.03. The van der Waals surface area contributed by atoms with E-state index in [1.807, 2.05) is 29.0 Å². The smallest absolute Gasteiger partial charge is 0.249 e. The maximum atomic E-state index is 12.5. The molecule has 5 nitrogen and oxygen atoms in total. The Morgan fingerprint density at radius 3 is 2.84 bits per heavy atom. The second kappa shape index (κ2) is 5.99. The second-order valence-corrected chi connectivity index (χ2v) is 6.76.